The van der Waals surface area contributed by atoms with Gasteiger partial charge in [0.25, 0.3) is 5.56 Å². The standard InChI is InChI=1S/C12H12N4O2/c1-16(2)12-13-9(8-6-4-3-5-7-8)10(15-18)11(17)14-12/h3-7H,1-2H3,(H,13,14,17). The number of nitrogens with one attached hydrogen (secondary N) is 1. The van der Waals surface area contributed by atoms with Crippen LogP contribution in [0.3, 0.4) is 0 Å². The summed E-state index contributed by atoms with van der Waals surface area (Å²) in [5.74, 6) is 0.381. The van der Waals surface area contributed by atoms with Crippen LogP contribution in [0.2, 0.25) is 0 Å². The van der Waals surface area contributed by atoms with Gasteiger partial charge >= 0.3 is 0 Å². The molecule has 0 aliphatic rings. The first kappa shape index (κ1) is 12.0. The molecule has 0 spiro atoms. The zero-order valence-corrected chi connectivity index (χ0v) is 10.0. The van der Waals surface area contributed by atoms with Gasteiger partial charge in [-0.15, -0.1) is 4.91 Å². The highest BCUT2D eigenvalue weighted by Crippen LogP contribution is 2.25. The third-order valence-electron chi connectivity index (χ3n) is 2.44. The molecule has 2 aromatic rings. The molecule has 0 radical (unpaired) electrons. The minimum absolute atomic E-state index is 0.202. The van der Waals surface area contributed by atoms with Crippen molar-refractivity contribution in [2.24, 2.45) is 5.18 Å². The van der Waals surface area contributed by atoms with Crippen LogP contribution in [-0.2, 0) is 0 Å². The lowest BCUT2D eigenvalue weighted by Crippen LogP contribution is -2.19. The molecule has 0 atom stereocenters. The maximum absolute atomic E-state index is 11.8. The molecular weight excluding hydrogens is 232 g/mol. The Morgan fingerprint density at radius 2 is 1.89 bits per heavy atom. The molecule has 1 aromatic carbocycles. The Balaban J connectivity index is 2.72. The average Bonchev–Trinajstić information content (AvgIpc) is 2.38. The van der Waals surface area contributed by atoms with E-state index >= 15 is 0 Å². The molecule has 1 aromatic heterocycles. The van der Waals surface area contributed by atoms with E-state index in [1.54, 1.807) is 31.1 Å². The van der Waals surface area contributed by atoms with Crippen molar-refractivity contribution in [2.45, 2.75) is 0 Å². The van der Waals surface area contributed by atoms with E-state index in [-0.39, 0.29) is 11.4 Å². The number of nitroso groups, excluding NO2 is 1. The van der Waals surface area contributed by atoms with E-state index in [1.807, 2.05) is 18.2 Å². The lowest BCUT2D eigenvalue weighted by Gasteiger charge is -2.12. The molecule has 18 heavy (non-hydrogen) atoms. The van der Waals surface area contributed by atoms with Crippen molar-refractivity contribution in [3.8, 4) is 11.3 Å². The third-order valence-corrected chi connectivity index (χ3v) is 2.44. The average molecular weight is 244 g/mol. The molecule has 6 nitrogen and oxygen atoms in total. The van der Waals surface area contributed by atoms with Crippen molar-refractivity contribution in [1.29, 1.82) is 0 Å². The molecule has 1 N–H and O–H groups in total. The van der Waals surface area contributed by atoms with Crippen molar-refractivity contribution in [3.63, 3.8) is 0 Å². The normalized spacial score (nSPS) is 10.1. The Morgan fingerprint density at radius 1 is 1.22 bits per heavy atom. The monoisotopic (exact) mass is 244 g/mol. The molecule has 0 amide bonds. The van der Waals surface area contributed by atoms with Gasteiger partial charge in [0.15, 0.2) is 5.69 Å². The first-order valence-electron chi connectivity index (χ1n) is 5.34. The predicted molar refractivity (Wildman–Crippen MR) is 70.1 cm³/mol. The van der Waals surface area contributed by atoms with Gasteiger partial charge in [0, 0.05) is 19.7 Å². The third kappa shape index (κ3) is 2.13. The first-order chi connectivity index (χ1) is 8.63. The van der Waals surface area contributed by atoms with Crippen molar-refractivity contribution >= 4 is 11.6 Å². The Labute approximate surface area is 103 Å². The van der Waals surface area contributed by atoms with Gasteiger partial charge in [0.2, 0.25) is 5.95 Å². The number of H-pyrrole nitrogens is 1. The maximum atomic E-state index is 11.8. The second kappa shape index (κ2) is 4.79. The van der Waals surface area contributed by atoms with E-state index < -0.39 is 5.56 Å². The van der Waals surface area contributed by atoms with Crippen molar-refractivity contribution in [1.82, 2.24) is 9.97 Å². The predicted octanol–water partition coefficient (Wildman–Crippen LogP) is 1.90. The Kier molecular flexibility index (Phi) is 3.18. The van der Waals surface area contributed by atoms with Crippen molar-refractivity contribution in [3.05, 3.63) is 45.6 Å². The zero-order chi connectivity index (χ0) is 13.1. The number of hydrogen-bond acceptors (Lipinski definition) is 5. The molecule has 0 saturated carbocycles. The molecule has 0 fully saturated rings. The van der Waals surface area contributed by atoms with Crippen molar-refractivity contribution in [2.75, 3.05) is 19.0 Å². The van der Waals surface area contributed by atoms with Crippen LogP contribution in [0.4, 0.5) is 11.6 Å². The van der Waals surface area contributed by atoms with Crippen LogP contribution in [0.5, 0.6) is 0 Å². The van der Waals surface area contributed by atoms with E-state index in [2.05, 4.69) is 15.1 Å². The second-order valence-electron chi connectivity index (χ2n) is 3.94. The van der Waals surface area contributed by atoms with Crippen molar-refractivity contribution < 1.29 is 0 Å². The number of aromatic nitrogens is 2. The van der Waals surface area contributed by atoms with E-state index in [0.717, 1.165) is 0 Å². The molecule has 2 rings (SSSR count). The van der Waals surface area contributed by atoms with Crippen LogP contribution in [0.15, 0.2) is 40.3 Å². The molecule has 1 heterocycles. The number of nitrogens with zero attached hydrogens (tertiary/aromatic N) is 3. The summed E-state index contributed by atoms with van der Waals surface area (Å²) in [5, 5.41) is 2.77. The summed E-state index contributed by atoms with van der Waals surface area (Å²) in [6.45, 7) is 0. The lowest BCUT2D eigenvalue weighted by atomic mass is 10.1. The van der Waals surface area contributed by atoms with Gasteiger partial charge in [0.05, 0.1) is 0 Å². The SMILES string of the molecule is CN(C)c1nc(-c2ccccc2)c(N=O)c(=O)[nH]1. The topological polar surface area (TPSA) is 78.4 Å². The number of hydrogen-bond donors (Lipinski definition) is 1. The number of benzene rings is 1. The Hall–Kier alpha value is -2.50. The van der Waals surface area contributed by atoms with Gasteiger partial charge in [-0.25, -0.2) is 4.98 Å². The highest BCUT2D eigenvalue weighted by molar-refractivity contribution is 5.72. The van der Waals surface area contributed by atoms with Gasteiger partial charge in [-0.3, -0.25) is 9.78 Å². The quantitative estimate of drug-likeness (QED) is 0.836. The van der Waals surface area contributed by atoms with Gasteiger partial charge < -0.3 is 4.90 Å². The zero-order valence-electron chi connectivity index (χ0n) is 10.0. The highest BCUT2D eigenvalue weighted by Gasteiger charge is 2.14. The minimum atomic E-state index is -0.539. The first-order valence-corrected chi connectivity index (χ1v) is 5.34. The summed E-state index contributed by atoms with van der Waals surface area (Å²) in [5.41, 5.74) is 0.230. The fourth-order valence-electron chi connectivity index (χ4n) is 1.55. The van der Waals surface area contributed by atoms with Gasteiger partial charge in [-0.2, -0.15) is 0 Å². The number of anilines is 1. The van der Waals surface area contributed by atoms with E-state index in [9.17, 15) is 9.70 Å². The second-order valence-corrected chi connectivity index (χ2v) is 3.94. The molecule has 0 unspecified atom stereocenters. The smallest absolute Gasteiger partial charge is 0.282 e. The van der Waals surface area contributed by atoms with Gasteiger partial charge in [0.1, 0.15) is 5.69 Å². The summed E-state index contributed by atoms with van der Waals surface area (Å²) >= 11 is 0. The van der Waals surface area contributed by atoms with Crippen LogP contribution in [0, 0.1) is 4.91 Å². The van der Waals surface area contributed by atoms with E-state index in [0.29, 0.717) is 11.5 Å². The number of rotatable bonds is 3. The lowest BCUT2D eigenvalue weighted by molar-refractivity contribution is 0.982. The molecular formula is C12H12N4O2. The summed E-state index contributed by atoms with van der Waals surface area (Å²) in [6.07, 6.45) is 0. The van der Waals surface area contributed by atoms with Crippen LogP contribution in [-0.4, -0.2) is 24.1 Å². The van der Waals surface area contributed by atoms with Crippen LogP contribution >= 0.6 is 0 Å². The Bertz CT molecular complexity index is 620. The minimum Gasteiger partial charge on any atom is -0.348 e. The van der Waals surface area contributed by atoms with Crippen LogP contribution < -0.4 is 10.5 Å². The molecule has 0 bridgehead atoms. The Morgan fingerprint density at radius 3 is 2.44 bits per heavy atom. The van der Waals surface area contributed by atoms with E-state index in [4.69, 9.17) is 0 Å². The van der Waals surface area contributed by atoms with Crippen LogP contribution in [0.25, 0.3) is 11.3 Å². The fraction of sp³-hybridized carbons (Fsp3) is 0.167. The van der Waals surface area contributed by atoms with Crippen LogP contribution in [0.1, 0.15) is 0 Å². The van der Waals surface area contributed by atoms with Gasteiger partial charge in [-0.1, -0.05) is 30.3 Å². The number of aromatic amines is 1. The summed E-state index contributed by atoms with van der Waals surface area (Å²) in [4.78, 5) is 30.9. The molecule has 92 valence electrons. The summed E-state index contributed by atoms with van der Waals surface area (Å²) in [7, 11) is 3.50. The van der Waals surface area contributed by atoms with E-state index in [1.165, 1.54) is 0 Å². The molecule has 0 saturated heterocycles. The molecule has 0 aliphatic carbocycles. The maximum Gasteiger partial charge on any atom is 0.282 e. The fourth-order valence-corrected chi connectivity index (χ4v) is 1.55. The molecule has 6 heteroatoms. The van der Waals surface area contributed by atoms with Gasteiger partial charge in [-0.05, 0) is 5.18 Å². The highest BCUT2D eigenvalue weighted by atomic mass is 16.3. The summed E-state index contributed by atoms with van der Waals surface area (Å²) in [6, 6.07) is 9.01. The largest absolute Gasteiger partial charge is 0.348 e. The summed E-state index contributed by atoms with van der Waals surface area (Å²) < 4.78 is 0. The molecule has 0 aliphatic heterocycles.